The fraction of sp³-hybridized carbons (Fsp3) is 0.0690. The van der Waals surface area contributed by atoms with Crippen molar-refractivity contribution in [2.75, 3.05) is 5.75 Å². The van der Waals surface area contributed by atoms with Crippen molar-refractivity contribution >= 4 is 51.7 Å². The Hall–Kier alpha value is -2.58. The monoisotopic (exact) mass is 581 g/mol. The van der Waals surface area contributed by atoms with Crippen LogP contribution in [0.4, 0.5) is 0 Å². The molecule has 0 amide bonds. The number of hydrogen-bond acceptors (Lipinski definition) is 7. The molecule has 0 atom stereocenters. The van der Waals surface area contributed by atoms with Gasteiger partial charge in [-0.1, -0.05) is 128 Å². The van der Waals surface area contributed by atoms with E-state index in [4.69, 9.17) is 23.6 Å². The first kappa shape index (κ1) is 28.4. The molecule has 1 heterocycles. The molecule has 0 saturated heterocycles. The SMILES string of the molecule is CCSc1sc(-c2ccccc2)nc1[P](c1ccccc1)(c1ccccc1)c1ccccc1.[O-][Cl+3]([O-])([O-])[O-]. The van der Waals surface area contributed by atoms with Crippen molar-refractivity contribution in [2.24, 2.45) is 0 Å². The number of benzene rings is 4. The molecule has 0 aliphatic rings. The maximum Gasteiger partial charge on any atom is 0.125 e. The van der Waals surface area contributed by atoms with Crippen LogP contribution in [-0.2, 0) is 0 Å². The maximum absolute atomic E-state index is 8.49. The molecular weight excluding hydrogens is 557 g/mol. The summed E-state index contributed by atoms with van der Waals surface area (Å²) < 4.78 is 35.3. The Morgan fingerprint density at radius 2 is 1.03 bits per heavy atom. The van der Waals surface area contributed by atoms with E-state index in [0.717, 1.165) is 10.8 Å². The standard InChI is InChI=1S/C29H25NPS2.ClHO4/c1-2-32-29-27(30-28(33-29)23-15-7-3-8-16-23)31(24-17-9-4-10-18-24,25-19-11-5-12-20-25)26-21-13-6-14-22-26;2-1(3,4)5/h3-22H,2H2,1H3;(H,2,3,4,5)/p-1. The first-order valence-electron chi connectivity index (χ1n) is 11.7. The third-order valence-electron chi connectivity index (χ3n) is 5.62. The molecule has 4 aromatic carbocycles. The van der Waals surface area contributed by atoms with Gasteiger partial charge in [-0.2, -0.15) is 0 Å². The van der Waals surface area contributed by atoms with Gasteiger partial charge in [0.15, 0.2) is 0 Å². The van der Waals surface area contributed by atoms with E-state index in [2.05, 4.69) is 128 Å². The number of rotatable bonds is 7. The van der Waals surface area contributed by atoms with Crippen LogP contribution in [0.25, 0.3) is 10.6 Å². The quantitative estimate of drug-likeness (QED) is 0.214. The number of halogens is 1. The molecule has 0 spiro atoms. The molecule has 195 valence electrons. The van der Waals surface area contributed by atoms with Crippen molar-refractivity contribution < 1.29 is 28.9 Å². The number of thioether (sulfide) groups is 1. The first-order chi connectivity index (χ1) is 18.3. The highest BCUT2D eigenvalue weighted by atomic mass is 35.7. The lowest BCUT2D eigenvalue weighted by atomic mass is 10.2. The van der Waals surface area contributed by atoms with Crippen molar-refractivity contribution in [3.05, 3.63) is 121 Å². The highest BCUT2D eigenvalue weighted by Gasteiger charge is 2.40. The second kappa shape index (κ2) is 13.0. The van der Waals surface area contributed by atoms with Gasteiger partial charge in [0.25, 0.3) is 0 Å². The van der Waals surface area contributed by atoms with Gasteiger partial charge in [0, 0.05) is 12.8 Å². The Morgan fingerprint density at radius 3 is 1.39 bits per heavy atom. The molecule has 5 rings (SSSR count). The number of hydrogen-bond donors (Lipinski definition) is 0. The van der Waals surface area contributed by atoms with Crippen molar-refractivity contribution in [1.29, 1.82) is 0 Å². The van der Waals surface area contributed by atoms with E-state index >= 15 is 0 Å². The molecular formula is C29H25ClNO4PS2-. The Labute approximate surface area is 233 Å². The van der Waals surface area contributed by atoms with Crippen LogP contribution in [0.3, 0.4) is 0 Å². The molecule has 0 unspecified atom stereocenters. The van der Waals surface area contributed by atoms with Gasteiger partial charge in [0.1, 0.15) is 5.01 Å². The molecule has 0 aliphatic heterocycles. The van der Waals surface area contributed by atoms with E-state index in [1.807, 2.05) is 23.1 Å². The van der Waals surface area contributed by atoms with E-state index < -0.39 is 17.5 Å². The van der Waals surface area contributed by atoms with Crippen molar-refractivity contribution in [1.82, 2.24) is 4.98 Å². The van der Waals surface area contributed by atoms with Crippen LogP contribution in [0, 0.1) is 10.2 Å². The molecule has 0 aliphatic carbocycles. The summed E-state index contributed by atoms with van der Waals surface area (Å²) in [6.45, 7) is 2.23. The highest BCUT2D eigenvalue weighted by Crippen LogP contribution is 2.56. The average molecular weight is 582 g/mol. The molecule has 1 aromatic heterocycles. The molecule has 5 nitrogen and oxygen atoms in total. The minimum atomic E-state index is -4.94. The van der Waals surface area contributed by atoms with Crippen molar-refractivity contribution in [2.45, 2.75) is 11.1 Å². The molecule has 5 aromatic rings. The molecule has 0 bridgehead atoms. The molecule has 9 heteroatoms. The third kappa shape index (κ3) is 6.70. The lowest BCUT2D eigenvalue weighted by Crippen LogP contribution is -2.68. The summed E-state index contributed by atoms with van der Waals surface area (Å²) in [5.74, 6) is 1.02. The van der Waals surface area contributed by atoms with Crippen LogP contribution >= 0.6 is 30.4 Å². The molecule has 0 fully saturated rings. The zero-order valence-electron chi connectivity index (χ0n) is 20.5. The summed E-state index contributed by atoms with van der Waals surface area (Å²) >= 11 is 3.74. The summed E-state index contributed by atoms with van der Waals surface area (Å²) in [5.41, 5.74) is 2.40. The van der Waals surface area contributed by atoms with Gasteiger partial charge in [-0.15, -0.1) is 33.3 Å². The predicted octanol–water partition coefficient (Wildman–Crippen LogP) is 1.79. The van der Waals surface area contributed by atoms with Gasteiger partial charge in [-0.05, 0) is 21.7 Å². The fourth-order valence-electron chi connectivity index (χ4n) is 4.21. The highest BCUT2D eigenvalue weighted by molar-refractivity contribution is 8.05. The minimum Gasteiger partial charge on any atom is -0.234 e. The van der Waals surface area contributed by atoms with E-state index in [-0.39, 0.29) is 0 Å². The normalized spacial score (nSPS) is 11.5. The first-order valence-corrected chi connectivity index (χ1v) is 16.5. The summed E-state index contributed by atoms with van der Waals surface area (Å²) in [4.78, 5) is 5.45. The fourth-order valence-corrected chi connectivity index (χ4v) is 11.4. The van der Waals surface area contributed by atoms with Gasteiger partial charge < -0.3 is 0 Å². The van der Waals surface area contributed by atoms with Gasteiger partial charge in [0.2, 0.25) is 0 Å². The molecule has 1 radical (unpaired) electrons. The average Bonchev–Trinajstić information content (AvgIpc) is 3.35. The predicted molar refractivity (Wildman–Crippen MR) is 149 cm³/mol. The van der Waals surface area contributed by atoms with Gasteiger partial charge in [0.05, 0.1) is 9.64 Å². The Balaban J connectivity index is 0.000000617. The van der Waals surface area contributed by atoms with Crippen LogP contribution in [0.15, 0.2) is 126 Å². The molecule has 0 saturated carbocycles. The van der Waals surface area contributed by atoms with Crippen molar-refractivity contribution in [3.63, 3.8) is 0 Å². The zero-order chi connectivity index (χ0) is 27.0. The van der Waals surface area contributed by atoms with Gasteiger partial charge in [-0.25, -0.2) is 23.6 Å². The largest absolute Gasteiger partial charge is 0.234 e. The van der Waals surface area contributed by atoms with Gasteiger partial charge >= 0.3 is 0 Å². The lowest BCUT2D eigenvalue weighted by Gasteiger charge is -2.37. The number of aromatic nitrogens is 1. The van der Waals surface area contributed by atoms with E-state index in [9.17, 15) is 0 Å². The van der Waals surface area contributed by atoms with Crippen LogP contribution in [-0.4, -0.2) is 10.7 Å². The second-order valence-corrected chi connectivity index (χ2v) is 14.6. The number of thiazole rings is 1. The van der Waals surface area contributed by atoms with Crippen LogP contribution in [0.2, 0.25) is 0 Å². The van der Waals surface area contributed by atoms with E-state index in [1.54, 1.807) is 0 Å². The van der Waals surface area contributed by atoms with Crippen LogP contribution < -0.4 is 40.0 Å². The summed E-state index contributed by atoms with van der Waals surface area (Å²) in [6.07, 6.45) is 0. The minimum absolute atomic E-state index is 1.02. The van der Waals surface area contributed by atoms with E-state index in [0.29, 0.717) is 0 Å². The Bertz CT molecular complexity index is 1310. The summed E-state index contributed by atoms with van der Waals surface area (Å²) in [6, 6.07) is 43.6. The Kier molecular flexibility index (Phi) is 9.71. The lowest BCUT2D eigenvalue weighted by molar-refractivity contribution is -2.00. The van der Waals surface area contributed by atoms with Crippen molar-refractivity contribution in [3.8, 4) is 10.6 Å². The topological polar surface area (TPSA) is 105 Å². The number of nitrogens with zero attached hydrogens (tertiary/aromatic N) is 1. The van der Waals surface area contributed by atoms with E-state index in [1.165, 1.54) is 31.1 Å². The zero-order valence-corrected chi connectivity index (χ0v) is 23.8. The molecule has 38 heavy (non-hydrogen) atoms. The molecule has 0 N–H and O–H groups in total. The Morgan fingerprint density at radius 1 is 0.658 bits per heavy atom. The third-order valence-corrected chi connectivity index (χ3v) is 12.4. The maximum atomic E-state index is 8.49. The van der Waals surface area contributed by atoms with Crippen LogP contribution in [0.5, 0.6) is 0 Å². The second-order valence-electron chi connectivity index (χ2n) is 7.98. The van der Waals surface area contributed by atoms with Gasteiger partial charge in [-0.3, -0.25) is 0 Å². The summed E-state index contributed by atoms with van der Waals surface area (Å²) in [7, 11) is -7.14. The summed E-state index contributed by atoms with van der Waals surface area (Å²) in [5, 5.41) is 5.11. The van der Waals surface area contributed by atoms with Crippen LogP contribution in [0.1, 0.15) is 6.92 Å². The smallest absolute Gasteiger partial charge is 0.125 e.